The largest absolute Gasteiger partial charge is 0.337 e. The summed E-state index contributed by atoms with van der Waals surface area (Å²) in [6, 6.07) is -0.451. The van der Waals surface area contributed by atoms with Gasteiger partial charge in [-0.25, -0.2) is 4.79 Å². The molecule has 0 unspecified atom stereocenters. The van der Waals surface area contributed by atoms with Gasteiger partial charge in [-0.1, -0.05) is 13.8 Å². The lowest BCUT2D eigenvalue weighted by Crippen LogP contribution is -2.43. The van der Waals surface area contributed by atoms with E-state index in [0.29, 0.717) is 12.5 Å². The number of alkyl halides is 1. The number of nitrogens with one attached hydrogen (secondary N) is 2. The second kappa shape index (κ2) is 4.84. The number of carbonyl (C=O) groups is 2. The van der Waals surface area contributed by atoms with E-state index in [2.05, 4.69) is 24.5 Å². The number of amides is 3. The lowest BCUT2D eigenvalue weighted by Gasteiger charge is -2.19. The van der Waals surface area contributed by atoms with Gasteiger partial charge in [-0.2, -0.15) is 0 Å². The van der Waals surface area contributed by atoms with Crippen LogP contribution >= 0.6 is 11.6 Å². The van der Waals surface area contributed by atoms with Crippen molar-refractivity contribution in [2.45, 2.75) is 26.7 Å². The number of halogens is 1. The zero-order valence-corrected chi connectivity index (χ0v) is 9.86. The molecule has 4 nitrogen and oxygen atoms in total. The van der Waals surface area contributed by atoms with Crippen molar-refractivity contribution in [3.63, 3.8) is 0 Å². The lowest BCUT2D eigenvalue weighted by molar-refractivity contribution is -0.117. The highest BCUT2D eigenvalue weighted by molar-refractivity contribution is 6.28. The maximum Gasteiger partial charge on any atom is 0.321 e. The molecular formula is C10H17ClN2O2. The first-order valence-electron chi connectivity index (χ1n) is 5.14. The molecule has 0 spiro atoms. The fourth-order valence-electron chi connectivity index (χ4n) is 1.58. The minimum absolute atomic E-state index is 0.192. The van der Waals surface area contributed by atoms with Crippen molar-refractivity contribution in [1.29, 1.82) is 0 Å². The van der Waals surface area contributed by atoms with Crippen molar-refractivity contribution < 1.29 is 9.59 Å². The molecule has 1 aliphatic carbocycles. The Morgan fingerprint density at radius 3 is 2.40 bits per heavy atom. The smallest absolute Gasteiger partial charge is 0.321 e. The molecule has 1 fully saturated rings. The Balaban J connectivity index is 2.26. The number of hydrogen-bond acceptors (Lipinski definition) is 2. The topological polar surface area (TPSA) is 58.2 Å². The van der Waals surface area contributed by atoms with Gasteiger partial charge >= 0.3 is 6.03 Å². The summed E-state index contributed by atoms with van der Waals surface area (Å²) in [5.41, 5.74) is 0.251. The van der Waals surface area contributed by atoms with E-state index in [9.17, 15) is 9.59 Å². The van der Waals surface area contributed by atoms with Crippen molar-refractivity contribution in [3.8, 4) is 0 Å². The van der Waals surface area contributed by atoms with Gasteiger partial charge in [0.15, 0.2) is 0 Å². The Hall–Kier alpha value is -0.770. The number of rotatable bonds is 4. The summed E-state index contributed by atoms with van der Waals surface area (Å²) in [6.07, 6.45) is 2.29. The number of urea groups is 1. The van der Waals surface area contributed by atoms with E-state index in [0.717, 1.165) is 12.8 Å². The van der Waals surface area contributed by atoms with Crippen LogP contribution in [-0.2, 0) is 4.79 Å². The molecule has 3 amide bonds. The highest BCUT2D eigenvalue weighted by atomic mass is 35.5. The van der Waals surface area contributed by atoms with Crippen molar-refractivity contribution in [2.75, 3.05) is 12.4 Å². The number of carbonyl (C=O) groups excluding carboxylic acids is 2. The first-order valence-corrected chi connectivity index (χ1v) is 5.67. The monoisotopic (exact) mass is 232 g/mol. The highest BCUT2D eigenvalue weighted by Gasteiger charge is 2.45. The van der Waals surface area contributed by atoms with Crippen LogP contribution in [0.4, 0.5) is 4.79 Å². The molecule has 1 aliphatic rings. The summed E-state index contributed by atoms with van der Waals surface area (Å²) in [5, 5.41) is 4.85. The molecule has 0 radical (unpaired) electrons. The average molecular weight is 233 g/mol. The van der Waals surface area contributed by atoms with Crippen LogP contribution in [0.5, 0.6) is 0 Å². The lowest BCUT2D eigenvalue weighted by atomic mass is 9.92. The highest BCUT2D eigenvalue weighted by Crippen LogP contribution is 2.51. The van der Waals surface area contributed by atoms with Crippen LogP contribution in [0, 0.1) is 11.3 Å². The molecule has 1 rings (SSSR count). The van der Waals surface area contributed by atoms with Crippen LogP contribution < -0.4 is 10.6 Å². The molecule has 0 aromatic carbocycles. The maximum absolute atomic E-state index is 11.2. The third-order valence-electron chi connectivity index (χ3n) is 3.09. The van der Waals surface area contributed by atoms with Crippen LogP contribution in [-0.4, -0.2) is 24.4 Å². The summed E-state index contributed by atoms with van der Waals surface area (Å²) in [7, 11) is 0. The van der Waals surface area contributed by atoms with Gasteiger partial charge in [0.05, 0.1) is 0 Å². The maximum atomic E-state index is 11.2. The van der Waals surface area contributed by atoms with Gasteiger partial charge in [0.1, 0.15) is 5.88 Å². The number of hydrogen-bond donors (Lipinski definition) is 2. The van der Waals surface area contributed by atoms with Crippen LogP contribution in [0.15, 0.2) is 0 Å². The zero-order valence-electron chi connectivity index (χ0n) is 9.10. The van der Waals surface area contributed by atoms with Crippen molar-refractivity contribution in [3.05, 3.63) is 0 Å². The van der Waals surface area contributed by atoms with Crippen LogP contribution in [0.1, 0.15) is 26.7 Å². The molecule has 0 saturated heterocycles. The van der Waals surface area contributed by atoms with E-state index in [1.807, 2.05) is 0 Å². The molecule has 0 atom stereocenters. The normalized spacial score (nSPS) is 17.3. The first-order chi connectivity index (χ1) is 7.00. The van der Waals surface area contributed by atoms with E-state index in [-0.39, 0.29) is 11.3 Å². The Labute approximate surface area is 94.7 Å². The predicted molar refractivity (Wildman–Crippen MR) is 58.8 cm³/mol. The van der Waals surface area contributed by atoms with Crippen molar-refractivity contribution in [1.82, 2.24) is 10.6 Å². The summed E-state index contributed by atoms with van der Waals surface area (Å²) in [6.45, 7) is 4.93. The predicted octanol–water partition coefficient (Wildman–Crippen LogP) is 1.49. The van der Waals surface area contributed by atoms with Gasteiger partial charge in [0, 0.05) is 6.54 Å². The minimum atomic E-state index is -0.469. The Morgan fingerprint density at radius 2 is 2.00 bits per heavy atom. The third-order valence-corrected chi connectivity index (χ3v) is 3.34. The Bertz CT molecular complexity index is 262. The summed E-state index contributed by atoms with van der Waals surface area (Å²) in [4.78, 5) is 22.0. The Kier molecular flexibility index (Phi) is 3.97. The second-order valence-corrected chi connectivity index (χ2v) is 4.65. The van der Waals surface area contributed by atoms with E-state index in [1.165, 1.54) is 0 Å². The SMILES string of the molecule is CC(C)C1(CNC(=O)NC(=O)CCl)CC1. The van der Waals surface area contributed by atoms with Gasteiger partial charge in [-0.3, -0.25) is 10.1 Å². The van der Waals surface area contributed by atoms with Gasteiger partial charge in [0.25, 0.3) is 0 Å². The molecule has 1 saturated carbocycles. The molecule has 0 heterocycles. The molecule has 2 N–H and O–H groups in total. The molecule has 0 aliphatic heterocycles. The quantitative estimate of drug-likeness (QED) is 0.722. The molecule has 5 heteroatoms. The second-order valence-electron chi connectivity index (χ2n) is 4.38. The Morgan fingerprint density at radius 1 is 1.40 bits per heavy atom. The molecule has 0 bridgehead atoms. The minimum Gasteiger partial charge on any atom is -0.337 e. The number of imide groups is 1. The molecule has 0 aromatic heterocycles. The molecule has 0 aromatic rings. The summed E-state index contributed by atoms with van der Waals surface area (Å²) >= 11 is 5.26. The van der Waals surface area contributed by atoms with Crippen molar-refractivity contribution >= 4 is 23.5 Å². The third kappa shape index (κ3) is 3.38. The van der Waals surface area contributed by atoms with Gasteiger partial charge in [-0.15, -0.1) is 11.6 Å². The van der Waals surface area contributed by atoms with E-state index in [4.69, 9.17) is 11.6 Å². The van der Waals surface area contributed by atoms with Crippen molar-refractivity contribution in [2.24, 2.45) is 11.3 Å². The molecular weight excluding hydrogens is 216 g/mol. The average Bonchev–Trinajstić information content (AvgIpc) is 2.95. The van der Waals surface area contributed by atoms with Crippen LogP contribution in [0.3, 0.4) is 0 Å². The molecule has 15 heavy (non-hydrogen) atoms. The van der Waals surface area contributed by atoms with E-state index in [1.54, 1.807) is 0 Å². The zero-order chi connectivity index (χ0) is 11.5. The fraction of sp³-hybridized carbons (Fsp3) is 0.800. The van der Waals surface area contributed by atoms with Crippen LogP contribution in [0.2, 0.25) is 0 Å². The van der Waals surface area contributed by atoms with Gasteiger partial charge in [0.2, 0.25) is 5.91 Å². The van der Waals surface area contributed by atoms with Gasteiger partial charge < -0.3 is 5.32 Å². The fourth-order valence-corrected chi connectivity index (χ4v) is 1.65. The van der Waals surface area contributed by atoms with Crippen LogP contribution in [0.25, 0.3) is 0 Å². The first kappa shape index (κ1) is 12.3. The summed E-state index contributed by atoms with van der Waals surface area (Å²) < 4.78 is 0. The standard InChI is InChI=1S/C10H17ClN2O2/c1-7(2)10(3-4-10)6-12-9(15)13-8(14)5-11/h7H,3-6H2,1-2H3,(H2,12,13,14,15). The summed E-state index contributed by atoms with van der Waals surface area (Å²) in [5.74, 6) is -0.104. The van der Waals surface area contributed by atoms with Gasteiger partial charge in [-0.05, 0) is 24.2 Å². The molecule has 86 valence electrons. The van der Waals surface area contributed by atoms with E-state index < -0.39 is 11.9 Å². The van der Waals surface area contributed by atoms with E-state index >= 15 is 0 Å².